The van der Waals surface area contributed by atoms with Crippen LogP contribution < -0.4 is 5.32 Å². The first-order valence-corrected chi connectivity index (χ1v) is 6.96. The monoisotopic (exact) mass is 251 g/mol. The van der Waals surface area contributed by atoms with Gasteiger partial charge in [-0.05, 0) is 55.7 Å². The third kappa shape index (κ3) is 3.16. The van der Waals surface area contributed by atoms with Crippen LogP contribution >= 0.6 is 11.6 Å². The zero-order chi connectivity index (χ0) is 12.4. The molecule has 1 N–H and O–H groups in total. The van der Waals surface area contributed by atoms with Crippen LogP contribution in [0.3, 0.4) is 0 Å². The second kappa shape index (κ2) is 5.30. The Morgan fingerprint density at radius 3 is 2.59 bits per heavy atom. The molecule has 0 aliphatic heterocycles. The molecule has 0 saturated heterocycles. The first-order valence-electron chi connectivity index (χ1n) is 6.59. The first kappa shape index (κ1) is 12.8. The van der Waals surface area contributed by atoms with Crippen molar-refractivity contribution in [1.29, 1.82) is 0 Å². The SMILES string of the molecule is Cc1ccc(NC2CCC(C)C(C)C2)cc1Cl. The molecule has 17 heavy (non-hydrogen) atoms. The molecule has 1 nitrogen and oxygen atoms in total. The van der Waals surface area contributed by atoms with Gasteiger partial charge in [-0.3, -0.25) is 0 Å². The van der Waals surface area contributed by atoms with Gasteiger partial charge < -0.3 is 5.32 Å². The molecule has 0 bridgehead atoms. The van der Waals surface area contributed by atoms with E-state index in [2.05, 4.69) is 31.3 Å². The number of benzene rings is 1. The van der Waals surface area contributed by atoms with Crippen molar-refractivity contribution in [3.8, 4) is 0 Å². The van der Waals surface area contributed by atoms with Crippen molar-refractivity contribution in [2.75, 3.05) is 5.32 Å². The van der Waals surface area contributed by atoms with Gasteiger partial charge in [-0.15, -0.1) is 0 Å². The molecule has 2 heteroatoms. The summed E-state index contributed by atoms with van der Waals surface area (Å²) in [6.07, 6.45) is 3.88. The Bertz CT molecular complexity index is 389. The number of anilines is 1. The van der Waals surface area contributed by atoms with E-state index in [0.717, 1.165) is 28.1 Å². The van der Waals surface area contributed by atoms with Gasteiger partial charge in [-0.25, -0.2) is 0 Å². The van der Waals surface area contributed by atoms with E-state index in [-0.39, 0.29) is 0 Å². The Morgan fingerprint density at radius 1 is 1.18 bits per heavy atom. The van der Waals surface area contributed by atoms with Crippen molar-refractivity contribution >= 4 is 17.3 Å². The molecule has 1 aliphatic rings. The van der Waals surface area contributed by atoms with Crippen LogP contribution in [0.4, 0.5) is 5.69 Å². The minimum atomic E-state index is 0.611. The molecular formula is C15H22ClN. The molecule has 3 unspecified atom stereocenters. The van der Waals surface area contributed by atoms with Gasteiger partial charge in [0.25, 0.3) is 0 Å². The molecule has 2 rings (SSSR count). The van der Waals surface area contributed by atoms with Gasteiger partial charge in [0.1, 0.15) is 0 Å². The van der Waals surface area contributed by atoms with E-state index in [1.807, 2.05) is 13.0 Å². The average molecular weight is 252 g/mol. The number of halogens is 1. The fourth-order valence-corrected chi connectivity index (χ4v) is 2.78. The largest absolute Gasteiger partial charge is 0.382 e. The predicted molar refractivity (Wildman–Crippen MR) is 75.8 cm³/mol. The maximum absolute atomic E-state index is 6.14. The van der Waals surface area contributed by atoms with Gasteiger partial charge in [-0.2, -0.15) is 0 Å². The van der Waals surface area contributed by atoms with Crippen molar-refractivity contribution in [2.45, 2.75) is 46.1 Å². The molecule has 1 fully saturated rings. The molecular weight excluding hydrogens is 230 g/mol. The van der Waals surface area contributed by atoms with Crippen LogP contribution in [-0.4, -0.2) is 6.04 Å². The fourth-order valence-electron chi connectivity index (χ4n) is 2.60. The number of nitrogens with one attached hydrogen (secondary N) is 1. The van der Waals surface area contributed by atoms with Crippen LogP contribution in [0.15, 0.2) is 18.2 Å². The van der Waals surface area contributed by atoms with Gasteiger partial charge in [0.2, 0.25) is 0 Å². The topological polar surface area (TPSA) is 12.0 Å². The zero-order valence-electron chi connectivity index (χ0n) is 11.0. The maximum Gasteiger partial charge on any atom is 0.0455 e. The van der Waals surface area contributed by atoms with E-state index < -0.39 is 0 Å². The van der Waals surface area contributed by atoms with Crippen LogP contribution in [-0.2, 0) is 0 Å². The molecule has 1 aliphatic carbocycles. The highest BCUT2D eigenvalue weighted by Crippen LogP contribution is 2.31. The Labute approximate surface area is 110 Å². The highest BCUT2D eigenvalue weighted by molar-refractivity contribution is 6.31. The van der Waals surface area contributed by atoms with Gasteiger partial charge in [0, 0.05) is 16.8 Å². The highest BCUT2D eigenvalue weighted by atomic mass is 35.5. The fraction of sp³-hybridized carbons (Fsp3) is 0.600. The number of rotatable bonds is 2. The summed E-state index contributed by atoms with van der Waals surface area (Å²) in [6.45, 7) is 6.76. The average Bonchev–Trinajstić information content (AvgIpc) is 2.29. The van der Waals surface area contributed by atoms with Gasteiger partial charge >= 0.3 is 0 Å². The molecule has 1 saturated carbocycles. The standard InChI is InChI=1S/C15H22ClN/c1-10-4-6-13(8-12(10)3)17-14-7-5-11(2)15(16)9-14/h5,7,9-10,12-13,17H,4,6,8H2,1-3H3. The molecule has 0 aromatic heterocycles. The highest BCUT2D eigenvalue weighted by Gasteiger charge is 2.24. The van der Waals surface area contributed by atoms with Gasteiger partial charge in [0.15, 0.2) is 0 Å². The van der Waals surface area contributed by atoms with Crippen molar-refractivity contribution in [2.24, 2.45) is 11.8 Å². The lowest BCUT2D eigenvalue weighted by Crippen LogP contribution is -2.30. The lowest BCUT2D eigenvalue weighted by atomic mass is 9.79. The van der Waals surface area contributed by atoms with E-state index in [4.69, 9.17) is 11.6 Å². The molecule has 0 radical (unpaired) electrons. The second-order valence-corrected chi connectivity index (χ2v) is 5.98. The van der Waals surface area contributed by atoms with Crippen molar-refractivity contribution in [3.05, 3.63) is 28.8 Å². The predicted octanol–water partition coefficient (Wildman–Crippen LogP) is 4.89. The minimum absolute atomic E-state index is 0.611. The Balaban J connectivity index is 1.99. The second-order valence-electron chi connectivity index (χ2n) is 5.57. The summed E-state index contributed by atoms with van der Waals surface area (Å²) >= 11 is 6.14. The summed E-state index contributed by atoms with van der Waals surface area (Å²) in [6, 6.07) is 6.86. The molecule has 1 aromatic rings. The summed E-state index contributed by atoms with van der Waals surface area (Å²) in [7, 11) is 0. The van der Waals surface area contributed by atoms with Crippen molar-refractivity contribution in [1.82, 2.24) is 0 Å². The van der Waals surface area contributed by atoms with Crippen LogP contribution in [0.1, 0.15) is 38.7 Å². The van der Waals surface area contributed by atoms with Crippen molar-refractivity contribution in [3.63, 3.8) is 0 Å². The van der Waals surface area contributed by atoms with E-state index in [0.29, 0.717) is 6.04 Å². The van der Waals surface area contributed by atoms with E-state index in [1.165, 1.54) is 19.3 Å². The summed E-state index contributed by atoms with van der Waals surface area (Å²) in [5.74, 6) is 1.69. The van der Waals surface area contributed by atoms with Crippen LogP contribution in [0.5, 0.6) is 0 Å². The van der Waals surface area contributed by atoms with Gasteiger partial charge in [-0.1, -0.05) is 31.5 Å². The Hall–Kier alpha value is -0.690. The molecule has 94 valence electrons. The Kier molecular flexibility index (Phi) is 3.98. The molecule has 1 aromatic carbocycles. The number of aryl methyl sites for hydroxylation is 1. The van der Waals surface area contributed by atoms with E-state index in [1.54, 1.807) is 0 Å². The summed E-state index contributed by atoms with van der Waals surface area (Å²) < 4.78 is 0. The molecule has 3 atom stereocenters. The normalized spacial score (nSPS) is 29.1. The molecule has 0 amide bonds. The van der Waals surface area contributed by atoms with Gasteiger partial charge in [0.05, 0.1) is 0 Å². The van der Waals surface area contributed by atoms with E-state index in [9.17, 15) is 0 Å². The lowest BCUT2D eigenvalue weighted by molar-refractivity contribution is 0.261. The summed E-state index contributed by atoms with van der Waals surface area (Å²) in [4.78, 5) is 0. The van der Waals surface area contributed by atoms with Crippen LogP contribution in [0.2, 0.25) is 5.02 Å². The zero-order valence-corrected chi connectivity index (χ0v) is 11.7. The minimum Gasteiger partial charge on any atom is -0.382 e. The summed E-state index contributed by atoms with van der Waals surface area (Å²) in [5.41, 5.74) is 2.30. The smallest absolute Gasteiger partial charge is 0.0455 e. The Morgan fingerprint density at radius 2 is 1.94 bits per heavy atom. The summed E-state index contributed by atoms with van der Waals surface area (Å²) in [5, 5.41) is 4.47. The third-order valence-electron chi connectivity index (χ3n) is 4.14. The van der Waals surface area contributed by atoms with Crippen molar-refractivity contribution < 1.29 is 0 Å². The van der Waals surface area contributed by atoms with Crippen LogP contribution in [0, 0.1) is 18.8 Å². The first-order chi connectivity index (χ1) is 8.06. The third-order valence-corrected chi connectivity index (χ3v) is 4.55. The van der Waals surface area contributed by atoms with E-state index >= 15 is 0 Å². The molecule has 0 heterocycles. The number of hydrogen-bond donors (Lipinski definition) is 1. The lowest BCUT2D eigenvalue weighted by Gasteiger charge is -2.33. The quantitative estimate of drug-likeness (QED) is 0.790. The van der Waals surface area contributed by atoms with Crippen LogP contribution in [0.25, 0.3) is 0 Å². The molecule has 0 spiro atoms. The maximum atomic E-state index is 6.14. The number of hydrogen-bond acceptors (Lipinski definition) is 1.